The summed E-state index contributed by atoms with van der Waals surface area (Å²) in [6.07, 6.45) is 3.90. The Labute approximate surface area is 207 Å². The van der Waals surface area contributed by atoms with Crippen LogP contribution < -0.4 is 4.74 Å². The molecule has 0 unspecified atom stereocenters. The number of nitrogens with zero attached hydrogens (tertiary/aromatic N) is 3. The minimum absolute atomic E-state index is 0.0595. The van der Waals surface area contributed by atoms with Crippen LogP contribution in [0.15, 0.2) is 79.0 Å². The van der Waals surface area contributed by atoms with Crippen LogP contribution in [0.1, 0.15) is 37.1 Å². The average Bonchev–Trinajstić information content (AvgIpc) is 2.87. The fraction of sp³-hybridized carbons (Fsp3) is 0.357. The number of aromatic nitrogens is 1. The first kappa shape index (κ1) is 24.2. The van der Waals surface area contributed by atoms with E-state index >= 15 is 0 Å². The van der Waals surface area contributed by atoms with Gasteiger partial charge in [-0.1, -0.05) is 48.0 Å². The van der Waals surface area contributed by atoms with Crippen LogP contribution in [-0.4, -0.2) is 53.5 Å². The minimum Gasteiger partial charge on any atom is -0.492 e. The molecule has 6 heteroatoms. The average molecular weight is 478 g/mol. The van der Waals surface area contributed by atoms with E-state index in [1.807, 2.05) is 77.7 Å². The highest BCUT2D eigenvalue weighted by atomic mass is 35.5. The largest absolute Gasteiger partial charge is 0.492 e. The third-order valence-corrected chi connectivity index (χ3v) is 6.70. The number of carbonyl (C=O) groups excluding carboxylic acids is 1. The summed E-state index contributed by atoms with van der Waals surface area (Å²) in [6, 6.07) is 23.3. The van der Waals surface area contributed by atoms with Gasteiger partial charge in [0.2, 0.25) is 5.91 Å². The molecule has 1 aliphatic rings. The van der Waals surface area contributed by atoms with Gasteiger partial charge in [-0.05, 0) is 73.8 Å². The van der Waals surface area contributed by atoms with Crippen molar-refractivity contribution in [1.29, 1.82) is 0 Å². The van der Waals surface area contributed by atoms with E-state index in [0.717, 1.165) is 49.5 Å². The molecule has 0 N–H and O–H groups in total. The number of hydrogen-bond acceptors (Lipinski definition) is 4. The Morgan fingerprint density at radius 3 is 2.41 bits per heavy atom. The predicted molar refractivity (Wildman–Crippen MR) is 136 cm³/mol. The molecule has 2 heterocycles. The summed E-state index contributed by atoms with van der Waals surface area (Å²) in [6.45, 7) is 6.01. The molecule has 34 heavy (non-hydrogen) atoms. The van der Waals surface area contributed by atoms with Crippen molar-refractivity contribution in [2.24, 2.45) is 5.92 Å². The van der Waals surface area contributed by atoms with Gasteiger partial charge in [-0.3, -0.25) is 14.7 Å². The first-order valence-electron chi connectivity index (χ1n) is 11.9. The third kappa shape index (κ3) is 6.58. The molecule has 0 bridgehead atoms. The van der Waals surface area contributed by atoms with Crippen LogP contribution in [0.3, 0.4) is 0 Å². The van der Waals surface area contributed by atoms with Crippen molar-refractivity contribution in [2.75, 3.05) is 32.8 Å². The molecule has 0 saturated carbocycles. The van der Waals surface area contributed by atoms with Crippen LogP contribution >= 0.6 is 11.6 Å². The summed E-state index contributed by atoms with van der Waals surface area (Å²) in [5, 5.41) is 0.682. The third-order valence-electron chi connectivity index (χ3n) is 6.45. The summed E-state index contributed by atoms with van der Waals surface area (Å²) < 4.78 is 5.86. The summed E-state index contributed by atoms with van der Waals surface area (Å²) in [4.78, 5) is 21.9. The molecule has 1 amide bonds. The van der Waals surface area contributed by atoms with E-state index in [4.69, 9.17) is 16.3 Å². The zero-order valence-electron chi connectivity index (χ0n) is 19.6. The number of para-hydroxylation sites is 1. The molecule has 4 rings (SSSR count). The quantitative estimate of drug-likeness (QED) is 0.410. The number of rotatable bonds is 9. The van der Waals surface area contributed by atoms with E-state index in [1.54, 1.807) is 13.1 Å². The van der Waals surface area contributed by atoms with Gasteiger partial charge in [-0.25, -0.2) is 0 Å². The molecule has 3 aromatic rings. The van der Waals surface area contributed by atoms with Crippen LogP contribution in [-0.2, 0) is 4.79 Å². The molecule has 1 atom stereocenters. The maximum absolute atomic E-state index is 12.9. The van der Waals surface area contributed by atoms with Crippen molar-refractivity contribution in [1.82, 2.24) is 14.8 Å². The van der Waals surface area contributed by atoms with Gasteiger partial charge < -0.3 is 9.64 Å². The van der Waals surface area contributed by atoms with E-state index in [0.29, 0.717) is 24.1 Å². The van der Waals surface area contributed by atoms with Crippen LogP contribution in [0.2, 0.25) is 5.02 Å². The van der Waals surface area contributed by atoms with Gasteiger partial charge in [0.05, 0.1) is 11.7 Å². The second-order valence-electron chi connectivity index (χ2n) is 8.83. The Morgan fingerprint density at radius 2 is 1.76 bits per heavy atom. The van der Waals surface area contributed by atoms with Crippen molar-refractivity contribution < 1.29 is 9.53 Å². The standard InChI is InChI=1S/C28H32ClN3O2/c1-22(33)32(28(27-9-5-6-16-30-27)24-10-12-25(29)13-11-24)21-23-14-17-31(18-15-23)19-20-34-26-7-3-2-4-8-26/h2-13,16,23,28H,14-15,17-21H2,1H3/t28-/m1/s1. The first-order chi connectivity index (χ1) is 16.6. The zero-order valence-corrected chi connectivity index (χ0v) is 20.4. The fourth-order valence-electron chi connectivity index (χ4n) is 4.59. The summed E-state index contributed by atoms with van der Waals surface area (Å²) in [5.41, 5.74) is 1.89. The maximum Gasteiger partial charge on any atom is 0.220 e. The van der Waals surface area contributed by atoms with E-state index in [-0.39, 0.29) is 11.9 Å². The van der Waals surface area contributed by atoms with Gasteiger partial charge >= 0.3 is 0 Å². The van der Waals surface area contributed by atoms with Crippen LogP contribution in [0.25, 0.3) is 0 Å². The zero-order chi connectivity index (χ0) is 23.8. The van der Waals surface area contributed by atoms with Crippen molar-refractivity contribution in [3.05, 3.63) is 95.3 Å². The maximum atomic E-state index is 12.9. The van der Waals surface area contributed by atoms with Crippen molar-refractivity contribution >= 4 is 17.5 Å². The van der Waals surface area contributed by atoms with E-state index in [1.165, 1.54) is 0 Å². The Hall–Kier alpha value is -2.89. The molecule has 1 fully saturated rings. The molecule has 2 aromatic carbocycles. The van der Waals surface area contributed by atoms with Gasteiger partial charge in [0.25, 0.3) is 0 Å². The second-order valence-corrected chi connectivity index (χ2v) is 9.26. The SMILES string of the molecule is CC(=O)N(CC1CCN(CCOc2ccccc2)CC1)[C@H](c1ccc(Cl)cc1)c1ccccn1. The van der Waals surface area contributed by atoms with Gasteiger partial charge in [0, 0.05) is 31.2 Å². The summed E-state index contributed by atoms with van der Waals surface area (Å²) in [5.74, 6) is 1.43. The number of ether oxygens (including phenoxy) is 1. The molecule has 178 valence electrons. The number of halogens is 1. The van der Waals surface area contributed by atoms with E-state index < -0.39 is 0 Å². The number of pyridine rings is 1. The van der Waals surface area contributed by atoms with E-state index in [2.05, 4.69) is 9.88 Å². The Balaban J connectivity index is 1.38. The number of hydrogen-bond donors (Lipinski definition) is 0. The number of piperidine rings is 1. The predicted octanol–water partition coefficient (Wildman–Crippen LogP) is 5.46. The molecule has 0 radical (unpaired) electrons. The number of likely N-dealkylation sites (tertiary alicyclic amines) is 1. The number of amides is 1. The van der Waals surface area contributed by atoms with Gasteiger partial charge in [0.1, 0.15) is 12.4 Å². The Kier molecular flexibility index (Phi) is 8.56. The van der Waals surface area contributed by atoms with Crippen LogP contribution in [0.4, 0.5) is 0 Å². The van der Waals surface area contributed by atoms with Crippen molar-refractivity contribution in [3.63, 3.8) is 0 Å². The molecule has 0 aliphatic carbocycles. The normalized spacial score (nSPS) is 15.6. The molecule has 1 saturated heterocycles. The highest BCUT2D eigenvalue weighted by molar-refractivity contribution is 6.30. The van der Waals surface area contributed by atoms with Crippen molar-refractivity contribution in [3.8, 4) is 5.75 Å². The van der Waals surface area contributed by atoms with E-state index in [9.17, 15) is 4.79 Å². The lowest BCUT2D eigenvalue weighted by Crippen LogP contribution is -2.43. The second kappa shape index (κ2) is 12.0. The molecule has 1 aliphatic heterocycles. The topological polar surface area (TPSA) is 45.7 Å². The highest BCUT2D eigenvalue weighted by Gasteiger charge is 2.29. The monoisotopic (exact) mass is 477 g/mol. The highest BCUT2D eigenvalue weighted by Crippen LogP contribution is 2.31. The first-order valence-corrected chi connectivity index (χ1v) is 12.3. The Morgan fingerprint density at radius 1 is 1.06 bits per heavy atom. The molecule has 5 nitrogen and oxygen atoms in total. The fourth-order valence-corrected chi connectivity index (χ4v) is 4.72. The molecule has 0 spiro atoms. The molecule has 1 aromatic heterocycles. The summed E-state index contributed by atoms with van der Waals surface area (Å²) in [7, 11) is 0. The van der Waals surface area contributed by atoms with Gasteiger partial charge in [0.15, 0.2) is 0 Å². The van der Waals surface area contributed by atoms with Gasteiger partial charge in [-0.15, -0.1) is 0 Å². The minimum atomic E-state index is -0.228. The van der Waals surface area contributed by atoms with Crippen LogP contribution in [0, 0.1) is 5.92 Å². The van der Waals surface area contributed by atoms with Crippen molar-refractivity contribution in [2.45, 2.75) is 25.8 Å². The lowest BCUT2D eigenvalue weighted by molar-refractivity contribution is -0.131. The Bertz CT molecular complexity index is 1020. The van der Waals surface area contributed by atoms with Crippen LogP contribution in [0.5, 0.6) is 5.75 Å². The number of benzene rings is 2. The van der Waals surface area contributed by atoms with Gasteiger partial charge in [-0.2, -0.15) is 0 Å². The smallest absolute Gasteiger partial charge is 0.220 e. The molecular weight excluding hydrogens is 446 g/mol. The lowest BCUT2D eigenvalue weighted by atomic mass is 9.93. The number of carbonyl (C=O) groups is 1. The lowest BCUT2D eigenvalue weighted by Gasteiger charge is -2.37. The molecular formula is C28H32ClN3O2. The summed E-state index contributed by atoms with van der Waals surface area (Å²) >= 11 is 6.13.